The summed E-state index contributed by atoms with van der Waals surface area (Å²) in [7, 11) is 0. The summed E-state index contributed by atoms with van der Waals surface area (Å²) in [5.74, 6) is -0.609. The maximum absolute atomic E-state index is 13.1. The van der Waals surface area contributed by atoms with Crippen molar-refractivity contribution in [1.82, 2.24) is 5.32 Å². The summed E-state index contributed by atoms with van der Waals surface area (Å²) in [5, 5.41) is 23.6. The van der Waals surface area contributed by atoms with E-state index in [0.29, 0.717) is 12.8 Å². The summed E-state index contributed by atoms with van der Waals surface area (Å²) in [5.41, 5.74) is 0. The van der Waals surface area contributed by atoms with Crippen molar-refractivity contribution in [3.63, 3.8) is 0 Å². The van der Waals surface area contributed by atoms with Crippen LogP contribution in [0.4, 0.5) is 0 Å². The van der Waals surface area contributed by atoms with Crippen LogP contribution in [0.25, 0.3) is 0 Å². The summed E-state index contributed by atoms with van der Waals surface area (Å²) in [6, 6.07) is -0.732. The molecular formula is C52H95NO5. The lowest BCUT2D eigenvalue weighted by Gasteiger charge is -2.23. The first kappa shape index (κ1) is 55.8. The summed E-state index contributed by atoms with van der Waals surface area (Å²) in [6.45, 7) is 6.41. The van der Waals surface area contributed by atoms with E-state index in [1.807, 2.05) is 12.2 Å². The topological polar surface area (TPSA) is 95.9 Å². The Kier molecular flexibility index (Phi) is 44.2. The second-order valence-electron chi connectivity index (χ2n) is 16.9. The number of esters is 1. The Morgan fingerprint density at radius 3 is 1.40 bits per heavy atom. The van der Waals surface area contributed by atoms with E-state index in [0.717, 1.165) is 64.2 Å². The molecule has 0 spiro atoms. The van der Waals surface area contributed by atoms with Crippen LogP contribution in [0.3, 0.4) is 0 Å². The number of aliphatic hydroxyl groups is 2. The number of unbranched alkanes of at least 4 members (excludes halogenated alkanes) is 26. The number of hydrogen-bond donors (Lipinski definition) is 3. The first-order valence-corrected chi connectivity index (χ1v) is 24.9. The van der Waals surface area contributed by atoms with E-state index < -0.39 is 18.2 Å². The number of hydrogen-bond acceptors (Lipinski definition) is 5. The molecule has 58 heavy (non-hydrogen) atoms. The second kappa shape index (κ2) is 45.9. The molecule has 0 bridgehead atoms. The van der Waals surface area contributed by atoms with Crippen LogP contribution in [0.15, 0.2) is 48.6 Å². The number of amides is 1. The highest BCUT2D eigenvalue weighted by Crippen LogP contribution is 2.16. The van der Waals surface area contributed by atoms with E-state index in [2.05, 4.69) is 62.5 Å². The molecule has 6 nitrogen and oxygen atoms in total. The molecule has 1 amide bonds. The fourth-order valence-electron chi connectivity index (χ4n) is 7.31. The van der Waals surface area contributed by atoms with Gasteiger partial charge in [-0.25, -0.2) is 0 Å². The van der Waals surface area contributed by atoms with Crippen molar-refractivity contribution >= 4 is 11.9 Å². The molecule has 3 atom stereocenters. The van der Waals surface area contributed by atoms with Crippen LogP contribution in [-0.4, -0.2) is 46.9 Å². The minimum atomic E-state index is -0.810. The summed E-state index contributed by atoms with van der Waals surface area (Å²) in [4.78, 5) is 26.0. The Hall–Kier alpha value is -2.18. The van der Waals surface area contributed by atoms with Crippen molar-refractivity contribution in [3.05, 3.63) is 48.6 Å². The van der Waals surface area contributed by atoms with Crippen molar-refractivity contribution in [2.75, 3.05) is 6.61 Å². The summed E-state index contributed by atoms with van der Waals surface area (Å²) < 4.78 is 5.82. The van der Waals surface area contributed by atoms with E-state index in [9.17, 15) is 19.8 Å². The monoisotopic (exact) mass is 814 g/mol. The first-order chi connectivity index (χ1) is 28.5. The lowest BCUT2D eigenvalue weighted by molar-refractivity contribution is -0.148. The molecule has 3 N–H and O–H groups in total. The van der Waals surface area contributed by atoms with Gasteiger partial charge in [-0.1, -0.05) is 211 Å². The number of allylic oxidation sites excluding steroid dienone is 7. The van der Waals surface area contributed by atoms with Gasteiger partial charge in [0.05, 0.1) is 25.2 Å². The zero-order valence-corrected chi connectivity index (χ0v) is 38.4. The molecular weight excluding hydrogens is 719 g/mol. The standard InChI is InChI=1S/C52H95NO5/c1-4-7-10-13-16-19-22-23-24-25-26-27-30-33-36-39-42-45-52(57)58-48(43-40-37-34-31-28-20-17-14-11-8-5-2)46-51(56)53-49(47-54)50(55)44-41-38-35-32-29-21-18-15-12-9-6-3/h16,19,23-24,31,34,40,43,48-50,54-55H,4-15,17-18,20-22,25-30,32-33,35-39,41-42,44-47H2,1-3H3,(H,53,56)/b19-16-,24-23-,34-31-,43-40+. The summed E-state index contributed by atoms with van der Waals surface area (Å²) >= 11 is 0. The maximum Gasteiger partial charge on any atom is 0.306 e. The third kappa shape index (κ3) is 40.6. The molecule has 0 fully saturated rings. The Bertz CT molecular complexity index is 1000. The van der Waals surface area contributed by atoms with Crippen LogP contribution in [0.5, 0.6) is 0 Å². The summed E-state index contributed by atoms with van der Waals surface area (Å²) in [6.07, 6.45) is 54.8. The highest BCUT2D eigenvalue weighted by Gasteiger charge is 2.23. The Balaban J connectivity index is 4.62. The third-order valence-corrected chi connectivity index (χ3v) is 11.1. The number of carbonyl (C=O) groups excluding carboxylic acids is 2. The molecule has 0 radical (unpaired) electrons. The Morgan fingerprint density at radius 2 is 0.914 bits per heavy atom. The zero-order chi connectivity index (χ0) is 42.4. The molecule has 338 valence electrons. The van der Waals surface area contributed by atoms with Crippen LogP contribution in [-0.2, 0) is 14.3 Å². The quantitative estimate of drug-likeness (QED) is 0.0323. The minimum absolute atomic E-state index is 0.0314. The third-order valence-electron chi connectivity index (χ3n) is 11.1. The smallest absolute Gasteiger partial charge is 0.306 e. The average molecular weight is 814 g/mol. The van der Waals surface area contributed by atoms with Crippen molar-refractivity contribution in [3.8, 4) is 0 Å². The molecule has 0 aromatic rings. The zero-order valence-electron chi connectivity index (χ0n) is 38.4. The van der Waals surface area contributed by atoms with E-state index in [4.69, 9.17) is 4.74 Å². The van der Waals surface area contributed by atoms with Crippen LogP contribution < -0.4 is 5.32 Å². The fraction of sp³-hybridized carbons (Fsp3) is 0.808. The van der Waals surface area contributed by atoms with Crippen LogP contribution in [0.2, 0.25) is 0 Å². The Labute approximate surface area is 359 Å². The van der Waals surface area contributed by atoms with Crippen molar-refractivity contribution in [1.29, 1.82) is 0 Å². The number of carbonyl (C=O) groups is 2. The number of rotatable bonds is 44. The second-order valence-corrected chi connectivity index (χ2v) is 16.9. The predicted molar refractivity (Wildman–Crippen MR) is 250 cm³/mol. The molecule has 0 heterocycles. The lowest BCUT2D eigenvalue weighted by Crippen LogP contribution is -2.46. The largest absolute Gasteiger partial charge is 0.458 e. The average Bonchev–Trinajstić information content (AvgIpc) is 3.22. The van der Waals surface area contributed by atoms with Gasteiger partial charge in [0.15, 0.2) is 0 Å². The van der Waals surface area contributed by atoms with Crippen LogP contribution in [0.1, 0.15) is 245 Å². The van der Waals surface area contributed by atoms with Crippen molar-refractivity contribution in [2.45, 2.75) is 264 Å². The molecule has 6 heteroatoms. The van der Waals surface area contributed by atoms with Gasteiger partial charge in [0.25, 0.3) is 0 Å². The van der Waals surface area contributed by atoms with Gasteiger partial charge in [-0.2, -0.15) is 0 Å². The first-order valence-electron chi connectivity index (χ1n) is 24.9. The molecule has 0 saturated heterocycles. The minimum Gasteiger partial charge on any atom is -0.458 e. The molecule has 0 saturated carbocycles. The van der Waals surface area contributed by atoms with Crippen molar-refractivity contribution in [2.24, 2.45) is 0 Å². The number of ether oxygens (including phenoxy) is 1. The molecule has 0 aliphatic heterocycles. The normalized spacial score (nSPS) is 13.7. The molecule has 0 aliphatic rings. The Morgan fingerprint density at radius 1 is 0.517 bits per heavy atom. The molecule has 0 rings (SSSR count). The van der Waals surface area contributed by atoms with E-state index in [1.54, 1.807) is 0 Å². The molecule has 0 aromatic carbocycles. The molecule has 0 aromatic heterocycles. The van der Waals surface area contributed by atoms with Gasteiger partial charge in [-0.3, -0.25) is 9.59 Å². The fourth-order valence-corrected chi connectivity index (χ4v) is 7.31. The van der Waals surface area contributed by atoms with Gasteiger partial charge >= 0.3 is 5.97 Å². The van der Waals surface area contributed by atoms with Gasteiger partial charge < -0.3 is 20.3 Å². The highest BCUT2D eigenvalue weighted by atomic mass is 16.5. The van der Waals surface area contributed by atoms with Gasteiger partial charge in [0.1, 0.15) is 6.10 Å². The van der Waals surface area contributed by atoms with Gasteiger partial charge in [0, 0.05) is 6.42 Å². The van der Waals surface area contributed by atoms with Crippen LogP contribution in [0, 0.1) is 0 Å². The number of aliphatic hydroxyl groups excluding tert-OH is 2. The van der Waals surface area contributed by atoms with Gasteiger partial charge in [-0.15, -0.1) is 0 Å². The van der Waals surface area contributed by atoms with E-state index in [1.165, 1.54) is 141 Å². The molecule has 3 unspecified atom stereocenters. The van der Waals surface area contributed by atoms with Crippen LogP contribution >= 0.6 is 0 Å². The van der Waals surface area contributed by atoms with Gasteiger partial charge in [0.2, 0.25) is 5.91 Å². The highest BCUT2D eigenvalue weighted by molar-refractivity contribution is 5.78. The SMILES string of the molecule is CCCCC/C=C\C/C=C\CCCCCCCCCC(=O)OC(/C=C/C/C=C\CCCCCCCC)CC(=O)NC(CO)C(O)CCCCCCCCCCCCC. The van der Waals surface area contributed by atoms with E-state index in [-0.39, 0.29) is 24.9 Å². The molecule has 0 aliphatic carbocycles. The lowest BCUT2D eigenvalue weighted by atomic mass is 10.0. The maximum atomic E-state index is 13.1. The van der Waals surface area contributed by atoms with Gasteiger partial charge in [-0.05, 0) is 70.3 Å². The predicted octanol–water partition coefficient (Wildman–Crippen LogP) is 14.7. The van der Waals surface area contributed by atoms with Crippen molar-refractivity contribution < 1.29 is 24.5 Å². The number of nitrogens with one attached hydrogen (secondary N) is 1. The van der Waals surface area contributed by atoms with E-state index >= 15 is 0 Å².